The van der Waals surface area contributed by atoms with Crippen molar-refractivity contribution in [2.75, 3.05) is 43.1 Å². The maximum Gasteiger partial charge on any atom is 0.319 e. The first-order valence-electron chi connectivity index (χ1n) is 16.3. The summed E-state index contributed by atoms with van der Waals surface area (Å²) in [5.74, 6) is -0.0536. The molecule has 2 aromatic carbocycles. The Morgan fingerprint density at radius 3 is 2.76 bits per heavy atom. The number of phenolic OH excluding ortho intramolecular Hbond substituents is 1. The van der Waals surface area contributed by atoms with Crippen molar-refractivity contribution >= 4 is 50.8 Å². The number of aromatic hydroxyl groups is 1. The molecule has 0 saturated carbocycles. The van der Waals surface area contributed by atoms with Gasteiger partial charge in [0.2, 0.25) is 5.91 Å². The van der Waals surface area contributed by atoms with E-state index in [0.29, 0.717) is 45.7 Å². The summed E-state index contributed by atoms with van der Waals surface area (Å²) in [6.07, 6.45) is 6.60. The molecule has 2 N–H and O–H groups in total. The Labute approximate surface area is 270 Å². The number of amides is 1. The van der Waals surface area contributed by atoms with Gasteiger partial charge in [-0.2, -0.15) is 9.97 Å². The van der Waals surface area contributed by atoms with Gasteiger partial charge in [0.05, 0.1) is 17.0 Å². The minimum Gasteiger partial charge on any atom is -0.508 e. The minimum absolute atomic E-state index is 0.0296. The summed E-state index contributed by atoms with van der Waals surface area (Å²) in [6, 6.07) is 8.67. The zero-order valence-electron chi connectivity index (χ0n) is 25.6. The molecule has 7 heterocycles. The third-order valence-electron chi connectivity index (χ3n) is 11.1. The number of halogens is 2. The van der Waals surface area contributed by atoms with E-state index in [1.807, 2.05) is 0 Å². The molecule has 0 radical (unpaired) electrons. The fourth-order valence-electron chi connectivity index (χ4n) is 8.84. The quantitative estimate of drug-likeness (QED) is 0.317. The maximum absolute atomic E-state index is 17.2. The van der Waals surface area contributed by atoms with Gasteiger partial charge in [0, 0.05) is 48.1 Å². The number of carbonyl (C=O) groups excluding carboxylic acids is 1. The molecular weight excluding hydrogens is 609 g/mol. The smallest absolute Gasteiger partial charge is 0.319 e. The maximum atomic E-state index is 17.2. The SMILES string of the molecule is CN1C(=O)CC2C3CCC(CN2c2nc(OCC45CCCN4CCC5)nc4c(F)c(-c5cc(O)cc6cccc(Cl)c56)nc1c24)N3. The lowest BCUT2D eigenvalue weighted by Crippen LogP contribution is -2.60. The van der Waals surface area contributed by atoms with E-state index in [1.54, 1.807) is 31.3 Å². The van der Waals surface area contributed by atoms with Crippen molar-refractivity contribution < 1.29 is 19.0 Å². The third kappa shape index (κ3) is 4.21. The molecule has 5 aliphatic rings. The van der Waals surface area contributed by atoms with Gasteiger partial charge in [0.1, 0.15) is 35.2 Å². The van der Waals surface area contributed by atoms with Gasteiger partial charge in [-0.15, -0.1) is 0 Å². The van der Waals surface area contributed by atoms with Crippen molar-refractivity contribution in [3.63, 3.8) is 0 Å². The van der Waals surface area contributed by atoms with Crippen LogP contribution >= 0.6 is 11.6 Å². The van der Waals surface area contributed by atoms with Crippen LogP contribution in [0.3, 0.4) is 0 Å². The summed E-state index contributed by atoms with van der Waals surface area (Å²) in [5, 5.41) is 16.3. The summed E-state index contributed by atoms with van der Waals surface area (Å²) >= 11 is 6.67. The summed E-state index contributed by atoms with van der Waals surface area (Å²) < 4.78 is 23.6. The minimum atomic E-state index is -0.684. The highest BCUT2D eigenvalue weighted by Crippen LogP contribution is 2.45. The highest BCUT2D eigenvalue weighted by atomic mass is 35.5. The van der Waals surface area contributed by atoms with Crippen LogP contribution in [0.5, 0.6) is 11.8 Å². The predicted octanol–water partition coefficient (Wildman–Crippen LogP) is 5.03. The molecule has 238 valence electrons. The van der Waals surface area contributed by atoms with E-state index in [1.165, 1.54) is 11.0 Å². The number of hydrogen-bond acceptors (Lipinski definition) is 9. The zero-order valence-corrected chi connectivity index (χ0v) is 26.4. The molecule has 2 aromatic heterocycles. The second-order valence-corrected chi connectivity index (χ2v) is 14.0. The first-order chi connectivity index (χ1) is 22.3. The van der Waals surface area contributed by atoms with Crippen molar-refractivity contribution in [1.29, 1.82) is 0 Å². The Kier molecular flexibility index (Phi) is 6.40. The molecule has 2 bridgehead atoms. The summed E-state index contributed by atoms with van der Waals surface area (Å²) in [7, 11) is 1.67. The van der Waals surface area contributed by atoms with Crippen LogP contribution in [-0.2, 0) is 4.79 Å². The molecule has 0 aliphatic carbocycles. The second kappa shape index (κ2) is 10.4. The molecule has 10 nitrogen and oxygen atoms in total. The number of pyridine rings is 1. The predicted molar refractivity (Wildman–Crippen MR) is 174 cm³/mol. The Morgan fingerprint density at radius 2 is 1.93 bits per heavy atom. The average Bonchev–Trinajstić information content (AvgIpc) is 3.75. The first kappa shape index (κ1) is 28.4. The molecule has 12 heteroatoms. The number of fused-ring (bicyclic) bond motifs is 7. The van der Waals surface area contributed by atoms with Gasteiger partial charge in [-0.1, -0.05) is 23.7 Å². The van der Waals surface area contributed by atoms with Crippen molar-refractivity contribution in [3.8, 4) is 23.0 Å². The molecule has 4 fully saturated rings. The third-order valence-corrected chi connectivity index (χ3v) is 11.4. The number of phenols is 1. The number of carbonyl (C=O) groups is 1. The fourth-order valence-corrected chi connectivity index (χ4v) is 9.12. The molecule has 0 spiro atoms. The van der Waals surface area contributed by atoms with E-state index >= 15 is 4.39 Å². The number of anilines is 2. The van der Waals surface area contributed by atoms with E-state index in [9.17, 15) is 9.90 Å². The Hall–Kier alpha value is -3.80. The normalized spacial score (nSPS) is 25.2. The highest BCUT2D eigenvalue weighted by molar-refractivity contribution is 6.36. The fraction of sp³-hybridized carbons (Fsp3) is 0.471. The summed E-state index contributed by atoms with van der Waals surface area (Å²) in [6.45, 7) is 3.20. The lowest BCUT2D eigenvalue weighted by molar-refractivity contribution is -0.118. The monoisotopic (exact) mass is 643 g/mol. The van der Waals surface area contributed by atoms with Crippen LogP contribution in [0, 0.1) is 5.82 Å². The summed E-state index contributed by atoms with van der Waals surface area (Å²) in [4.78, 5) is 34.6. The van der Waals surface area contributed by atoms with E-state index in [0.717, 1.165) is 51.6 Å². The molecule has 1 amide bonds. The molecule has 46 heavy (non-hydrogen) atoms. The van der Waals surface area contributed by atoms with Crippen LogP contribution in [0.2, 0.25) is 5.02 Å². The van der Waals surface area contributed by atoms with Gasteiger partial charge in [-0.25, -0.2) is 9.37 Å². The standard InChI is InChI=1S/C34H35ClFN7O3/c1-41-25(45)15-24-23-8-7-19(37-23)16-43(24)32-27-30(39-33(40-32)46-17-34-9-3-11-42(34)12-4-10-34)28(36)29(38-31(27)41)21-14-20(44)13-18-5-2-6-22(35)26(18)21/h2,5-6,13-14,19,23-24,37,44H,3-4,7-12,15-17H2,1H3. The van der Waals surface area contributed by atoms with E-state index in [4.69, 9.17) is 31.3 Å². The van der Waals surface area contributed by atoms with Crippen LogP contribution in [0.4, 0.5) is 16.0 Å². The molecule has 4 aromatic rings. The number of aromatic nitrogens is 3. The summed E-state index contributed by atoms with van der Waals surface area (Å²) in [5.41, 5.74) is 0.242. The molecule has 5 aliphatic heterocycles. The van der Waals surface area contributed by atoms with E-state index in [-0.39, 0.29) is 64.8 Å². The zero-order chi connectivity index (χ0) is 31.3. The number of ether oxygens (including phenoxy) is 1. The van der Waals surface area contributed by atoms with Crippen LogP contribution in [0.15, 0.2) is 30.3 Å². The van der Waals surface area contributed by atoms with Crippen LogP contribution < -0.4 is 19.9 Å². The number of hydrogen-bond donors (Lipinski definition) is 2. The van der Waals surface area contributed by atoms with Gasteiger partial charge in [0.25, 0.3) is 0 Å². The Morgan fingerprint density at radius 1 is 1.11 bits per heavy atom. The molecule has 3 unspecified atom stereocenters. The van der Waals surface area contributed by atoms with E-state index < -0.39 is 5.82 Å². The topological polar surface area (TPSA) is 107 Å². The number of piperazine rings is 1. The second-order valence-electron chi connectivity index (χ2n) is 13.6. The van der Waals surface area contributed by atoms with Gasteiger partial charge in [-0.05, 0) is 75.2 Å². The van der Waals surface area contributed by atoms with Crippen molar-refractivity contribution in [2.24, 2.45) is 0 Å². The Balaban J connectivity index is 1.29. The van der Waals surface area contributed by atoms with Crippen LogP contribution in [0.1, 0.15) is 44.9 Å². The first-order valence-corrected chi connectivity index (χ1v) is 16.7. The number of nitrogens with one attached hydrogen (secondary N) is 1. The van der Waals surface area contributed by atoms with Gasteiger partial charge >= 0.3 is 6.01 Å². The average molecular weight is 644 g/mol. The molecular formula is C34H35ClFN7O3. The number of nitrogens with zero attached hydrogens (tertiary/aromatic N) is 6. The van der Waals surface area contributed by atoms with Gasteiger partial charge in [0.15, 0.2) is 5.82 Å². The number of rotatable bonds is 4. The highest BCUT2D eigenvalue weighted by Gasteiger charge is 2.47. The number of benzene rings is 2. The van der Waals surface area contributed by atoms with Crippen LogP contribution in [-0.4, -0.2) is 87.8 Å². The Bertz CT molecular complexity index is 1930. The lowest BCUT2D eigenvalue weighted by atomic mass is 9.95. The van der Waals surface area contributed by atoms with Crippen molar-refractivity contribution in [3.05, 3.63) is 41.2 Å². The van der Waals surface area contributed by atoms with E-state index in [2.05, 4.69) is 15.1 Å². The largest absolute Gasteiger partial charge is 0.508 e. The van der Waals surface area contributed by atoms with Crippen molar-refractivity contribution in [2.45, 2.75) is 68.6 Å². The van der Waals surface area contributed by atoms with Gasteiger partial charge < -0.3 is 20.1 Å². The molecule has 4 saturated heterocycles. The molecule has 3 atom stereocenters. The van der Waals surface area contributed by atoms with Crippen molar-refractivity contribution in [1.82, 2.24) is 25.2 Å². The molecule has 9 rings (SSSR count). The van der Waals surface area contributed by atoms with Crippen LogP contribution in [0.25, 0.3) is 32.9 Å². The lowest BCUT2D eigenvalue weighted by Gasteiger charge is -2.43. The van der Waals surface area contributed by atoms with Gasteiger partial charge in [-0.3, -0.25) is 14.6 Å².